The lowest BCUT2D eigenvalue weighted by Crippen LogP contribution is -1.97. The molecule has 0 aliphatic rings. The van der Waals surface area contributed by atoms with E-state index in [0.29, 0.717) is 23.5 Å². The molecule has 1 aromatic heterocycles. The first-order valence-electron chi connectivity index (χ1n) is 7.18. The number of nitro benzene ring substituents is 1. The minimum atomic E-state index is -0.372. The molecule has 0 unspecified atom stereocenters. The predicted octanol–water partition coefficient (Wildman–Crippen LogP) is 3.48. The Kier molecular flexibility index (Phi) is 4.01. The topological polar surface area (TPSA) is 96.2 Å². The van der Waals surface area contributed by atoms with Crippen molar-refractivity contribution in [2.45, 2.75) is 13.3 Å². The summed E-state index contributed by atoms with van der Waals surface area (Å²) in [4.78, 5) is 18.1. The highest BCUT2D eigenvalue weighted by Gasteiger charge is 2.12. The van der Waals surface area contributed by atoms with E-state index in [9.17, 15) is 10.1 Å². The van der Waals surface area contributed by atoms with Gasteiger partial charge in [-0.3, -0.25) is 10.1 Å². The van der Waals surface area contributed by atoms with Crippen molar-refractivity contribution in [3.63, 3.8) is 0 Å². The van der Waals surface area contributed by atoms with Crippen LogP contribution in [-0.4, -0.2) is 21.1 Å². The van der Waals surface area contributed by atoms with Gasteiger partial charge in [-0.05, 0) is 18.6 Å². The van der Waals surface area contributed by atoms with Gasteiger partial charge in [0.2, 0.25) is 5.95 Å². The number of aromatic amines is 1. The van der Waals surface area contributed by atoms with Gasteiger partial charge in [-0.15, -0.1) is 0 Å². The Morgan fingerprint density at radius 3 is 2.91 bits per heavy atom. The van der Waals surface area contributed by atoms with Crippen LogP contribution in [0.3, 0.4) is 0 Å². The van der Waals surface area contributed by atoms with Crippen molar-refractivity contribution in [2.24, 2.45) is 5.10 Å². The van der Waals surface area contributed by atoms with E-state index in [1.807, 2.05) is 31.2 Å². The molecule has 0 fully saturated rings. The van der Waals surface area contributed by atoms with Gasteiger partial charge in [0.05, 0.1) is 22.2 Å². The summed E-state index contributed by atoms with van der Waals surface area (Å²) in [5.74, 6) is 0.516. The van der Waals surface area contributed by atoms with E-state index < -0.39 is 0 Å². The van der Waals surface area contributed by atoms with E-state index in [2.05, 4.69) is 20.5 Å². The predicted molar refractivity (Wildman–Crippen MR) is 89.8 cm³/mol. The Balaban J connectivity index is 1.77. The van der Waals surface area contributed by atoms with Crippen molar-refractivity contribution in [1.29, 1.82) is 0 Å². The fraction of sp³-hybridized carbons (Fsp3) is 0.125. The number of aryl methyl sites for hydroxylation is 1. The summed E-state index contributed by atoms with van der Waals surface area (Å²) in [6.07, 6.45) is 2.14. The molecule has 116 valence electrons. The Hall–Kier alpha value is -3.22. The summed E-state index contributed by atoms with van der Waals surface area (Å²) in [7, 11) is 0. The fourth-order valence-corrected chi connectivity index (χ4v) is 2.30. The highest BCUT2D eigenvalue weighted by atomic mass is 16.6. The maximum atomic E-state index is 11.1. The zero-order chi connectivity index (χ0) is 16.2. The van der Waals surface area contributed by atoms with Crippen molar-refractivity contribution in [1.82, 2.24) is 9.97 Å². The van der Waals surface area contributed by atoms with Crippen LogP contribution in [0.2, 0.25) is 0 Å². The number of para-hydroxylation sites is 2. The number of hydrazone groups is 1. The monoisotopic (exact) mass is 309 g/mol. The Morgan fingerprint density at radius 1 is 1.35 bits per heavy atom. The van der Waals surface area contributed by atoms with E-state index >= 15 is 0 Å². The molecule has 3 aromatic rings. The fourth-order valence-electron chi connectivity index (χ4n) is 2.30. The highest BCUT2D eigenvalue weighted by Crippen LogP contribution is 2.20. The molecule has 0 saturated carbocycles. The molecule has 0 aliphatic carbocycles. The van der Waals surface area contributed by atoms with Crippen LogP contribution in [0, 0.1) is 10.1 Å². The summed E-state index contributed by atoms with van der Waals surface area (Å²) >= 11 is 0. The third-order valence-corrected chi connectivity index (χ3v) is 3.46. The van der Waals surface area contributed by atoms with Gasteiger partial charge >= 0.3 is 0 Å². The minimum absolute atomic E-state index is 0.111. The second-order valence-electron chi connectivity index (χ2n) is 4.97. The maximum absolute atomic E-state index is 11.1. The molecule has 7 nitrogen and oxygen atoms in total. The van der Waals surface area contributed by atoms with E-state index in [1.54, 1.807) is 12.1 Å². The van der Waals surface area contributed by atoms with Crippen molar-refractivity contribution in [3.8, 4) is 0 Å². The lowest BCUT2D eigenvalue weighted by molar-refractivity contribution is -0.385. The van der Waals surface area contributed by atoms with E-state index in [-0.39, 0.29) is 10.6 Å². The van der Waals surface area contributed by atoms with Crippen LogP contribution < -0.4 is 5.43 Å². The third-order valence-electron chi connectivity index (χ3n) is 3.46. The molecule has 0 spiro atoms. The summed E-state index contributed by atoms with van der Waals surface area (Å²) in [6.45, 7) is 1.89. The van der Waals surface area contributed by atoms with Crippen molar-refractivity contribution < 1.29 is 4.92 Å². The second-order valence-corrected chi connectivity index (χ2v) is 4.97. The molecule has 7 heteroatoms. The zero-order valence-electron chi connectivity index (χ0n) is 12.5. The van der Waals surface area contributed by atoms with Gasteiger partial charge < -0.3 is 4.98 Å². The van der Waals surface area contributed by atoms with Crippen molar-refractivity contribution in [3.05, 3.63) is 63.7 Å². The minimum Gasteiger partial charge on any atom is -0.323 e. The first kappa shape index (κ1) is 14.7. The van der Waals surface area contributed by atoms with Crippen LogP contribution in [0.4, 0.5) is 11.6 Å². The highest BCUT2D eigenvalue weighted by molar-refractivity contribution is 5.82. The molecular weight excluding hydrogens is 294 g/mol. The molecule has 0 radical (unpaired) electrons. The summed E-state index contributed by atoms with van der Waals surface area (Å²) in [5, 5.41) is 15.1. The first-order valence-corrected chi connectivity index (χ1v) is 7.18. The number of hydrogen-bond acceptors (Lipinski definition) is 5. The summed E-state index contributed by atoms with van der Waals surface area (Å²) in [5.41, 5.74) is 6.01. The Morgan fingerprint density at radius 2 is 2.17 bits per heavy atom. The smallest absolute Gasteiger partial charge is 0.273 e. The SMILES string of the molecule is CCc1ccc(/C=N\Nc2nc3ccccc3[nH]2)cc1[N+](=O)[O-]. The molecule has 0 bridgehead atoms. The van der Waals surface area contributed by atoms with Crippen LogP contribution in [0.1, 0.15) is 18.1 Å². The van der Waals surface area contributed by atoms with E-state index in [1.165, 1.54) is 12.3 Å². The molecule has 0 amide bonds. The number of nitrogens with one attached hydrogen (secondary N) is 2. The molecule has 0 atom stereocenters. The Labute approximate surface area is 132 Å². The quantitative estimate of drug-likeness (QED) is 0.428. The molecule has 1 heterocycles. The van der Waals surface area contributed by atoms with Crippen LogP contribution in [-0.2, 0) is 6.42 Å². The third kappa shape index (κ3) is 3.18. The summed E-state index contributed by atoms with van der Waals surface area (Å²) < 4.78 is 0. The lowest BCUT2D eigenvalue weighted by Gasteiger charge is -2.00. The number of hydrogen-bond donors (Lipinski definition) is 2. The first-order chi connectivity index (χ1) is 11.2. The number of rotatable bonds is 5. The molecule has 0 aliphatic heterocycles. The van der Waals surface area contributed by atoms with E-state index in [4.69, 9.17) is 0 Å². The lowest BCUT2D eigenvalue weighted by atomic mass is 10.1. The van der Waals surface area contributed by atoms with Crippen molar-refractivity contribution >= 4 is 28.9 Å². The number of benzene rings is 2. The normalized spacial score (nSPS) is 11.2. The van der Waals surface area contributed by atoms with Crippen molar-refractivity contribution in [2.75, 3.05) is 5.43 Å². The van der Waals surface area contributed by atoms with Crippen LogP contribution in [0.5, 0.6) is 0 Å². The van der Waals surface area contributed by atoms with Crippen LogP contribution in [0.25, 0.3) is 11.0 Å². The maximum Gasteiger partial charge on any atom is 0.273 e. The average Bonchev–Trinajstić information content (AvgIpc) is 2.97. The molecular formula is C16H15N5O2. The molecule has 3 rings (SSSR count). The molecule has 0 saturated heterocycles. The van der Waals surface area contributed by atoms with Gasteiger partial charge in [-0.2, -0.15) is 5.10 Å². The number of fused-ring (bicyclic) bond motifs is 1. The Bertz CT molecular complexity index is 852. The molecule has 2 aromatic carbocycles. The largest absolute Gasteiger partial charge is 0.323 e. The number of nitro groups is 1. The van der Waals surface area contributed by atoms with Crippen LogP contribution in [0.15, 0.2) is 47.6 Å². The number of anilines is 1. The van der Waals surface area contributed by atoms with Gasteiger partial charge in [0.25, 0.3) is 5.69 Å². The summed E-state index contributed by atoms with van der Waals surface area (Å²) in [6, 6.07) is 12.7. The van der Waals surface area contributed by atoms with Gasteiger partial charge in [0, 0.05) is 17.2 Å². The van der Waals surface area contributed by atoms with Gasteiger partial charge in [-0.25, -0.2) is 10.4 Å². The van der Waals surface area contributed by atoms with Gasteiger partial charge in [0.1, 0.15) is 0 Å². The molecule has 23 heavy (non-hydrogen) atoms. The number of aromatic nitrogens is 2. The van der Waals surface area contributed by atoms with Gasteiger partial charge in [0.15, 0.2) is 0 Å². The average molecular weight is 309 g/mol. The van der Waals surface area contributed by atoms with E-state index in [0.717, 1.165) is 11.0 Å². The zero-order valence-corrected chi connectivity index (χ0v) is 12.5. The molecule has 2 N–H and O–H groups in total. The number of nitrogens with zero attached hydrogens (tertiary/aromatic N) is 3. The van der Waals surface area contributed by atoms with Gasteiger partial charge in [-0.1, -0.05) is 31.2 Å². The second kappa shape index (κ2) is 6.27. The van der Waals surface area contributed by atoms with Crippen LogP contribution >= 0.6 is 0 Å². The number of imidazole rings is 1. The standard InChI is InChI=1S/C16H15N5O2/c1-2-12-8-7-11(9-15(12)21(22)23)10-17-20-16-18-13-5-3-4-6-14(13)19-16/h3-10H,2H2,1H3,(H2,18,19,20)/b17-10-. The number of H-pyrrole nitrogens is 1.